The van der Waals surface area contributed by atoms with Crippen LogP contribution in [0.25, 0.3) is 0 Å². The number of Topliss-reactive ketones (excluding diaryl/α,β-unsaturated/α-hetero) is 1. The lowest BCUT2D eigenvalue weighted by molar-refractivity contribution is -0.140. The zero-order valence-corrected chi connectivity index (χ0v) is 22.3. The summed E-state index contributed by atoms with van der Waals surface area (Å²) in [5, 5.41) is 3.41. The van der Waals surface area contributed by atoms with E-state index in [0.717, 1.165) is 16.8 Å². The minimum absolute atomic E-state index is 0.0270. The Labute approximate surface area is 229 Å². The summed E-state index contributed by atoms with van der Waals surface area (Å²) in [6.07, 6.45) is 1.06. The third-order valence-electron chi connectivity index (χ3n) is 7.18. The summed E-state index contributed by atoms with van der Waals surface area (Å²) < 4.78 is 17.3. The molecule has 0 aromatic heterocycles. The van der Waals surface area contributed by atoms with Crippen LogP contribution >= 0.6 is 0 Å². The Morgan fingerprint density at radius 1 is 0.872 bits per heavy atom. The number of hydrogen-bond donors (Lipinski definition) is 1. The molecule has 5 rings (SSSR count). The average Bonchev–Trinajstić information content (AvgIpc) is 2.96. The summed E-state index contributed by atoms with van der Waals surface area (Å²) in [5.41, 5.74) is 4.50. The van der Waals surface area contributed by atoms with Gasteiger partial charge in [-0.25, -0.2) is 4.79 Å². The highest BCUT2D eigenvalue weighted by Crippen LogP contribution is 2.47. The van der Waals surface area contributed by atoms with Gasteiger partial charge < -0.3 is 19.5 Å². The molecule has 3 aromatic carbocycles. The minimum Gasteiger partial charge on any atom is -0.494 e. The molecule has 3 aromatic rings. The molecule has 0 spiro atoms. The van der Waals surface area contributed by atoms with Gasteiger partial charge in [-0.15, -0.1) is 0 Å². The van der Waals surface area contributed by atoms with Crippen LogP contribution in [-0.2, 0) is 14.3 Å². The van der Waals surface area contributed by atoms with Crippen LogP contribution in [0.5, 0.6) is 11.5 Å². The predicted molar refractivity (Wildman–Crippen MR) is 150 cm³/mol. The van der Waals surface area contributed by atoms with Crippen molar-refractivity contribution in [1.29, 1.82) is 0 Å². The SMILES string of the molecule is CCOc1ccccc1[C@H]1C(C(=O)OCCOc2ccccc2)=C(C)NC2=C1C(=O)C[C@@H](c1ccccc1)C2. The summed E-state index contributed by atoms with van der Waals surface area (Å²) in [6, 6.07) is 27.1. The monoisotopic (exact) mass is 523 g/mol. The summed E-state index contributed by atoms with van der Waals surface area (Å²) >= 11 is 0. The van der Waals surface area contributed by atoms with Gasteiger partial charge in [-0.2, -0.15) is 0 Å². The van der Waals surface area contributed by atoms with Crippen LogP contribution in [0, 0.1) is 0 Å². The van der Waals surface area contributed by atoms with E-state index in [9.17, 15) is 9.59 Å². The first-order valence-electron chi connectivity index (χ1n) is 13.4. The van der Waals surface area contributed by atoms with Crippen LogP contribution in [0.15, 0.2) is 107 Å². The lowest BCUT2D eigenvalue weighted by Gasteiger charge is -2.37. The van der Waals surface area contributed by atoms with E-state index in [2.05, 4.69) is 17.4 Å². The number of benzene rings is 3. The van der Waals surface area contributed by atoms with Gasteiger partial charge in [0.1, 0.15) is 24.7 Å². The second-order valence-electron chi connectivity index (χ2n) is 9.70. The van der Waals surface area contributed by atoms with Crippen LogP contribution in [0.1, 0.15) is 49.7 Å². The molecule has 2 aliphatic rings. The Kier molecular flexibility index (Phi) is 8.11. The Balaban J connectivity index is 1.45. The Morgan fingerprint density at radius 2 is 1.56 bits per heavy atom. The molecule has 6 nitrogen and oxygen atoms in total. The number of carbonyl (C=O) groups excluding carboxylic acids is 2. The number of esters is 1. The molecule has 0 radical (unpaired) electrons. The number of carbonyl (C=O) groups is 2. The molecule has 0 saturated carbocycles. The summed E-state index contributed by atoms with van der Waals surface area (Å²) in [4.78, 5) is 27.4. The zero-order chi connectivity index (χ0) is 27.2. The normalized spacial score (nSPS) is 18.8. The quantitative estimate of drug-likeness (QED) is 0.271. The molecule has 1 N–H and O–H groups in total. The number of para-hydroxylation sites is 2. The number of allylic oxidation sites excluding steroid dienone is 3. The van der Waals surface area contributed by atoms with Crippen LogP contribution < -0.4 is 14.8 Å². The van der Waals surface area contributed by atoms with Crippen molar-refractivity contribution in [3.05, 3.63) is 119 Å². The van der Waals surface area contributed by atoms with Crippen molar-refractivity contribution in [2.24, 2.45) is 0 Å². The third-order valence-corrected chi connectivity index (χ3v) is 7.18. The number of hydrogen-bond acceptors (Lipinski definition) is 6. The second kappa shape index (κ2) is 12.0. The van der Waals surface area contributed by atoms with E-state index in [4.69, 9.17) is 14.2 Å². The van der Waals surface area contributed by atoms with Crippen LogP contribution in [0.4, 0.5) is 0 Å². The molecule has 0 unspecified atom stereocenters. The third kappa shape index (κ3) is 5.75. The van der Waals surface area contributed by atoms with E-state index < -0.39 is 11.9 Å². The highest BCUT2D eigenvalue weighted by Gasteiger charge is 2.42. The molecule has 6 heteroatoms. The first-order chi connectivity index (χ1) is 19.1. The van der Waals surface area contributed by atoms with Gasteiger partial charge in [-0.05, 0) is 49.9 Å². The zero-order valence-electron chi connectivity index (χ0n) is 22.3. The maximum Gasteiger partial charge on any atom is 0.336 e. The highest BCUT2D eigenvalue weighted by atomic mass is 16.6. The van der Waals surface area contributed by atoms with Crippen molar-refractivity contribution in [3.63, 3.8) is 0 Å². The minimum atomic E-state index is -0.587. The smallest absolute Gasteiger partial charge is 0.336 e. The largest absolute Gasteiger partial charge is 0.494 e. The number of ketones is 1. The van der Waals surface area contributed by atoms with E-state index in [1.54, 1.807) is 0 Å². The topological polar surface area (TPSA) is 73.9 Å². The Hall–Kier alpha value is -4.32. The Morgan fingerprint density at radius 3 is 2.31 bits per heavy atom. The standard InChI is InChI=1S/C33H33NO5/c1-3-37-29-17-11-10-16-26(29)31-30(33(36)39-19-18-38-25-14-8-5-9-15-25)22(2)34-27-20-24(21-28(35)32(27)31)23-12-6-4-7-13-23/h4-17,24,31,34H,3,18-21H2,1-2H3/t24-,31-/m0/s1. The van der Waals surface area contributed by atoms with E-state index in [-0.39, 0.29) is 24.9 Å². The van der Waals surface area contributed by atoms with Crippen molar-refractivity contribution in [3.8, 4) is 11.5 Å². The molecule has 0 fully saturated rings. The van der Waals surface area contributed by atoms with Crippen LogP contribution in [0.3, 0.4) is 0 Å². The molecular weight excluding hydrogens is 490 g/mol. The van der Waals surface area contributed by atoms with Crippen molar-refractivity contribution in [1.82, 2.24) is 5.32 Å². The molecule has 2 atom stereocenters. The van der Waals surface area contributed by atoms with Gasteiger partial charge >= 0.3 is 5.97 Å². The molecule has 0 saturated heterocycles. The van der Waals surface area contributed by atoms with E-state index in [1.165, 1.54) is 0 Å². The number of rotatable bonds is 9. The highest BCUT2D eigenvalue weighted by molar-refractivity contribution is 6.04. The van der Waals surface area contributed by atoms with Gasteiger partial charge in [-0.3, -0.25) is 4.79 Å². The van der Waals surface area contributed by atoms with Crippen molar-refractivity contribution in [2.75, 3.05) is 19.8 Å². The molecule has 1 aliphatic heterocycles. The molecule has 39 heavy (non-hydrogen) atoms. The van der Waals surface area contributed by atoms with Gasteiger partial charge in [0, 0.05) is 29.0 Å². The average molecular weight is 524 g/mol. The van der Waals surface area contributed by atoms with Crippen molar-refractivity contribution < 1.29 is 23.8 Å². The molecule has 1 aliphatic carbocycles. The molecule has 200 valence electrons. The van der Waals surface area contributed by atoms with E-state index in [1.807, 2.05) is 86.6 Å². The van der Waals surface area contributed by atoms with Crippen LogP contribution in [-0.4, -0.2) is 31.6 Å². The van der Waals surface area contributed by atoms with E-state index in [0.29, 0.717) is 47.8 Å². The fraction of sp³-hybridized carbons (Fsp3) is 0.273. The lowest BCUT2D eigenvalue weighted by atomic mass is 9.71. The fourth-order valence-electron chi connectivity index (χ4n) is 5.48. The van der Waals surface area contributed by atoms with Gasteiger partial charge in [0.25, 0.3) is 0 Å². The summed E-state index contributed by atoms with van der Waals surface area (Å²) in [7, 11) is 0. The maximum atomic E-state index is 13.8. The fourth-order valence-corrected chi connectivity index (χ4v) is 5.48. The lowest BCUT2D eigenvalue weighted by Crippen LogP contribution is -2.36. The Bertz CT molecular complexity index is 1390. The van der Waals surface area contributed by atoms with Crippen molar-refractivity contribution in [2.45, 2.75) is 38.5 Å². The second-order valence-corrected chi connectivity index (χ2v) is 9.70. The molecule has 1 heterocycles. The maximum absolute atomic E-state index is 13.8. The predicted octanol–water partition coefficient (Wildman–Crippen LogP) is 6.07. The van der Waals surface area contributed by atoms with Gasteiger partial charge in [0.15, 0.2) is 5.78 Å². The van der Waals surface area contributed by atoms with Gasteiger partial charge in [-0.1, -0.05) is 66.7 Å². The molecule has 0 bridgehead atoms. The first-order valence-corrected chi connectivity index (χ1v) is 13.4. The van der Waals surface area contributed by atoms with Crippen LogP contribution in [0.2, 0.25) is 0 Å². The number of dihydropyridines is 1. The van der Waals surface area contributed by atoms with E-state index >= 15 is 0 Å². The van der Waals surface area contributed by atoms with Gasteiger partial charge in [0.05, 0.1) is 18.1 Å². The van der Waals surface area contributed by atoms with Crippen molar-refractivity contribution >= 4 is 11.8 Å². The molecule has 0 amide bonds. The number of ether oxygens (including phenoxy) is 3. The van der Waals surface area contributed by atoms with Gasteiger partial charge in [0.2, 0.25) is 0 Å². The number of nitrogens with one attached hydrogen (secondary N) is 1. The summed E-state index contributed by atoms with van der Waals surface area (Å²) in [5.74, 6) is 0.404. The first kappa shape index (κ1) is 26.3. The summed E-state index contributed by atoms with van der Waals surface area (Å²) in [6.45, 7) is 4.57. The molecular formula is C33H33NO5.